The fourth-order valence-electron chi connectivity index (χ4n) is 1.54. The molecule has 1 aliphatic carbocycles. The van der Waals surface area contributed by atoms with Gasteiger partial charge in [-0.1, -0.05) is 23.7 Å². The van der Waals surface area contributed by atoms with Crippen molar-refractivity contribution in [2.24, 2.45) is 11.7 Å². The highest BCUT2D eigenvalue weighted by atomic mass is 35.5. The van der Waals surface area contributed by atoms with Crippen LogP contribution in [0.4, 0.5) is 0 Å². The largest absolute Gasteiger partial charge is 0.324 e. The lowest BCUT2D eigenvalue weighted by molar-refractivity contribution is 0.633. The third-order valence-electron chi connectivity index (χ3n) is 2.71. The van der Waals surface area contributed by atoms with E-state index >= 15 is 0 Å². The van der Waals surface area contributed by atoms with E-state index in [9.17, 15) is 0 Å². The van der Waals surface area contributed by atoms with Crippen molar-refractivity contribution in [1.82, 2.24) is 0 Å². The van der Waals surface area contributed by atoms with Crippen molar-refractivity contribution in [3.8, 4) is 0 Å². The molecular weight excluding hydrogens is 182 g/mol. The van der Waals surface area contributed by atoms with Crippen molar-refractivity contribution >= 4 is 11.6 Å². The molecule has 0 aliphatic heterocycles. The third-order valence-corrected chi connectivity index (χ3v) is 3.12. The van der Waals surface area contributed by atoms with Gasteiger partial charge in [-0.05, 0) is 42.9 Å². The molecular formula is C11H14ClN. The fourth-order valence-corrected chi connectivity index (χ4v) is 1.73. The van der Waals surface area contributed by atoms with Crippen LogP contribution in [-0.2, 0) is 0 Å². The van der Waals surface area contributed by atoms with E-state index in [-0.39, 0.29) is 6.04 Å². The van der Waals surface area contributed by atoms with E-state index in [0.717, 1.165) is 10.6 Å². The van der Waals surface area contributed by atoms with Gasteiger partial charge in [0.05, 0.1) is 0 Å². The first-order valence-electron chi connectivity index (χ1n) is 4.70. The Morgan fingerprint density at radius 1 is 1.46 bits per heavy atom. The maximum Gasteiger partial charge on any atom is 0.0438 e. The van der Waals surface area contributed by atoms with Crippen molar-refractivity contribution < 1.29 is 0 Å². The Balaban J connectivity index is 2.24. The normalized spacial score (nSPS) is 18.7. The quantitative estimate of drug-likeness (QED) is 0.772. The molecule has 2 heteroatoms. The van der Waals surface area contributed by atoms with Crippen LogP contribution in [0.3, 0.4) is 0 Å². The van der Waals surface area contributed by atoms with Crippen LogP contribution in [0, 0.1) is 12.8 Å². The Labute approximate surface area is 83.9 Å². The van der Waals surface area contributed by atoms with Crippen LogP contribution < -0.4 is 5.73 Å². The molecule has 0 spiro atoms. The lowest BCUT2D eigenvalue weighted by Crippen LogP contribution is -2.12. The van der Waals surface area contributed by atoms with Gasteiger partial charge in [-0.15, -0.1) is 0 Å². The Kier molecular flexibility index (Phi) is 2.31. The van der Waals surface area contributed by atoms with Crippen LogP contribution in [0.1, 0.15) is 30.0 Å². The Hall–Kier alpha value is -0.530. The van der Waals surface area contributed by atoms with Crippen molar-refractivity contribution in [2.45, 2.75) is 25.8 Å². The van der Waals surface area contributed by atoms with Crippen LogP contribution >= 0.6 is 11.6 Å². The molecule has 1 aromatic carbocycles. The molecule has 0 radical (unpaired) electrons. The second-order valence-electron chi connectivity index (χ2n) is 3.87. The summed E-state index contributed by atoms with van der Waals surface area (Å²) in [5.74, 6) is 0.693. The average Bonchev–Trinajstić information content (AvgIpc) is 2.91. The zero-order valence-electron chi connectivity index (χ0n) is 7.76. The van der Waals surface area contributed by atoms with E-state index < -0.39 is 0 Å². The van der Waals surface area contributed by atoms with Gasteiger partial charge in [0.15, 0.2) is 0 Å². The van der Waals surface area contributed by atoms with Gasteiger partial charge in [-0.25, -0.2) is 0 Å². The maximum atomic E-state index is 6.06. The number of nitrogens with two attached hydrogens (primary N) is 1. The van der Waals surface area contributed by atoms with E-state index in [2.05, 4.69) is 6.07 Å². The maximum absolute atomic E-state index is 6.06. The molecule has 1 aromatic rings. The molecule has 1 saturated carbocycles. The van der Waals surface area contributed by atoms with Crippen LogP contribution in [0.5, 0.6) is 0 Å². The number of aryl methyl sites for hydroxylation is 1. The lowest BCUT2D eigenvalue weighted by atomic mass is 10.0. The smallest absolute Gasteiger partial charge is 0.0438 e. The summed E-state index contributed by atoms with van der Waals surface area (Å²) in [7, 11) is 0. The van der Waals surface area contributed by atoms with E-state index in [0.29, 0.717) is 5.92 Å². The minimum absolute atomic E-state index is 0.193. The Morgan fingerprint density at radius 2 is 2.15 bits per heavy atom. The molecule has 1 aliphatic rings. The first-order valence-corrected chi connectivity index (χ1v) is 5.08. The van der Waals surface area contributed by atoms with Gasteiger partial charge < -0.3 is 5.73 Å². The molecule has 70 valence electrons. The first-order chi connectivity index (χ1) is 6.18. The highest BCUT2D eigenvalue weighted by Gasteiger charge is 2.29. The zero-order chi connectivity index (χ0) is 9.42. The van der Waals surface area contributed by atoms with E-state index in [1.54, 1.807) is 0 Å². The summed E-state index contributed by atoms with van der Waals surface area (Å²) in [5, 5.41) is 0.827. The van der Waals surface area contributed by atoms with Gasteiger partial charge in [0.25, 0.3) is 0 Å². The fraction of sp³-hybridized carbons (Fsp3) is 0.455. The molecule has 0 heterocycles. The average molecular weight is 196 g/mol. The number of benzene rings is 1. The number of rotatable bonds is 2. The van der Waals surface area contributed by atoms with Crippen molar-refractivity contribution in [3.63, 3.8) is 0 Å². The zero-order valence-corrected chi connectivity index (χ0v) is 8.51. The minimum Gasteiger partial charge on any atom is -0.324 e. The summed E-state index contributed by atoms with van der Waals surface area (Å²) < 4.78 is 0. The van der Waals surface area contributed by atoms with E-state index in [4.69, 9.17) is 17.3 Å². The highest BCUT2D eigenvalue weighted by molar-refractivity contribution is 6.31. The van der Waals surface area contributed by atoms with Crippen LogP contribution in [0.2, 0.25) is 5.02 Å². The number of hydrogen-bond donors (Lipinski definition) is 1. The van der Waals surface area contributed by atoms with Gasteiger partial charge >= 0.3 is 0 Å². The molecule has 2 N–H and O–H groups in total. The Morgan fingerprint density at radius 3 is 2.69 bits per heavy atom. The second-order valence-corrected chi connectivity index (χ2v) is 4.28. The molecule has 1 atom stereocenters. The molecule has 1 fully saturated rings. The molecule has 0 amide bonds. The van der Waals surface area contributed by atoms with Gasteiger partial charge in [0.2, 0.25) is 0 Å². The molecule has 0 bridgehead atoms. The van der Waals surface area contributed by atoms with Crippen molar-refractivity contribution in [1.29, 1.82) is 0 Å². The van der Waals surface area contributed by atoms with Gasteiger partial charge in [-0.3, -0.25) is 0 Å². The summed E-state index contributed by atoms with van der Waals surface area (Å²) in [6, 6.07) is 6.32. The molecule has 1 nitrogen and oxygen atoms in total. The number of halogens is 1. The highest BCUT2D eigenvalue weighted by Crippen LogP contribution is 2.39. The topological polar surface area (TPSA) is 26.0 Å². The minimum atomic E-state index is 0.193. The number of hydrogen-bond acceptors (Lipinski definition) is 1. The summed E-state index contributed by atoms with van der Waals surface area (Å²) >= 11 is 6.03. The molecule has 0 aromatic heterocycles. The third kappa shape index (κ3) is 1.87. The first kappa shape index (κ1) is 9.04. The van der Waals surface area contributed by atoms with Gasteiger partial charge in [0, 0.05) is 11.1 Å². The van der Waals surface area contributed by atoms with Crippen LogP contribution in [0.15, 0.2) is 18.2 Å². The predicted molar refractivity (Wildman–Crippen MR) is 55.8 cm³/mol. The Bertz CT molecular complexity index is 318. The van der Waals surface area contributed by atoms with E-state index in [1.165, 1.54) is 18.4 Å². The second kappa shape index (κ2) is 3.32. The van der Waals surface area contributed by atoms with Crippen molar-refractivity contribution in [2.75, 3.05) is 0 Å². The molecule has 0 unspecified atom stereocenters. The molecule has 13 heavy (non-hydrogen) atoms. The standard InChI is InChI=1S/C11H14ClN/c1-7-2-3-9(6-10(7)12)11(13)8-4-5-8/h2-3,6,8,11H,4-5,13H2,1H3/t11-/m1/s1. The summed E-state index contributed by atoms with van der Waals surface area (Å²) in [6.07, 6.45) is 2.54. The monoisotopic (exact) mass is 195 g/mol. The molecule has 0 saturated heterocycles. The summed E-state index contributed by atoms with van der Waals surface area (Å²) in [5.41, 5.74) is 8.36. The summed E-state index contributed by atoms with van der Waals surface area (Å²) in [6.45, 7) is 2.01. The van der Waals surface area contributed by atoms with Gasteiger partial charge in [0.1, 0.15) is 0 Å². The van der Waals surface area contributed by atoms with Crippen LogP contribution in [-0.4, -0.2) is 0 Å². The predicted octanol–water partition coefficient (Wildman–Crippen LogP) is 3.06. The van der Waals surface area contributed by atoms with Gasteiger partial charge in [-0.2, -0.15) is 0 Å². The molecule has 2 rings (SSSR count). The lowest BCUT2D eigenvalue weighted by Gasteiger charge is -2.11. The van der Waals surface area contributed by atoms with Crippen LogP contribution in [0.25, 0.3) is 0 Å². The SMILES string of the molecule is Cc1ccc([C@H](N)C2CC2)cc1Cl. The summed E-state index contributed by atoms with van der Waals surface area (Å²) in [4.78, 5) is 0. The van der Waals surface area contributed by atoms with Crippen molar-refractivity contribution in [3.05, 3.63) is 34.3 Å². The van der Waals surface area contributed by atoms with E-state index in [1.807, 2.05) is 19.1 Å².